The minimum atomic E-state index is 0.441. The number of rotatable bonds is 5. The van der Waals surface area contributed by atoms with Gasteiger partial charge in [0, 0.05) is 17.6 Å². The number of hydrogen-bond acceptors (Lipinski definition) is 4. The van der Waals surface area contributed by atoms with Crippen LogP contribution < -0.4 is 5.32 Å². The Bertz CT molecular complexity index is 572. The predicted molar refractivity (Wildman–Crippen MR) is 83.0 cm³/mol. The Balaban J connectivity index is 1.94. The van der Waals surface area contributed by atoms with E-state index in [1.165, 1.54) is 35.5 Å². The molecule has 0 spiro atoms. The maximum Gasteiger partial charge on any atom is 0.142 e. The number of thiazole rings is 1. The molecule has 20 heavy (non-hydrogen) atoms. The SMILES string of the molecule is CCCn1nccc1-c1nc2c(s1)CCCC2NCC. The Hall–Kier alpha value is -1.20. The molecule has 2 heterocycles. The number of hydrogen-bond donors (Lipinski definition) is 1. The fourth-order valence-corrected chi connectivity index (χ4v) is 4.07. The molecule has 2 aromatic rings. The van der Waals surface area contributed by atoms with Crippen LogP contribution in [-0.4, -0.2) is 21.3 Å². The van der Waals surface area contributed by atoms with E-state index in [1.54, 1.807) is 0 Å². The van der Waals surface area contributed by atoms with Crippen LogP contribution in [0.5, 0.6) is 0 Å². The highest BCUT2D eigenvalue weighted by Crippen LogP contribution is 2.36. The summed E-state index contributed by atoms with van der Waals surface area (Å²) >= 11 is 1.85. The van der Waals surface area contributed by atoms with Gasteiger partial charge in [-0.15, -0.1) is 11.3 Å². The van der Waals surface area contributed by atoms with E-state index in [-0.39, 0.29) is 0 Å². The Morgan fingerprint density at radius 3 is 3.15 bits per heavy atom. The first-order valence-electron chi connectivity index (χ1n) is 7.58. The zero-order chi connectivity index (χ0) is 13.9. The van der Waals surface area contributed by atoms with Crippen molar-refractivity contribution in [3.8, 4) is 10.7 Å². The van der Waals surface area contributed by atoms with Gasteiger partial charge in [0.1, 0.15) is 5.01 Å². The second kappa shape index (κ2) is 6.06. The van der Waals surface area contributed by atoms with E-state index >= 15 is 0 Å². The zero-order valence-electron chi connectivity index (χ0n) is 12.2. The molecule has 1 aliphatic rings. The van der Waals surface area contributed by atoms with Crippen LogP contribution >= 0.6 is 11.3 Å². The van der Waals surface area contributed by atoms with Crippen molar-refractivity contribution < 1.29 is 0 Å². The van der Waals surface area contributed by atoms with E-state index in [0.717, 1.165) is 24.5 Å². The number of nitrogens with zero attached hydrogens (tertiary/aromatic N) is 3. The molecule has 2 aromatic heterocycles. The summed E-state index contributed by atoms with van der Waals surface area (Å²) in [6.07, 6.45) is 6.63. The Labute approximate surface area is 124 Å². The molecule has 0 saturated heterocycles. The minimum Gasteiger partial charge on any atom is -0.309 e. The lowest BCUT2D eigenvalue weighted by atomic mass is 9.98. The van der Waals surface area contributed by atoms with Crippen molar-refractivity contribution in [1.82, 2.24) is 20.1 Å². The Kier molecular flexibility index (Phi) is 4.17. The number of aryl methyl sites for hydroxylation is 2. The van der Waals surface area contributed by atoms with Gasteiger partial charge in [0.15, 0.2) is 0 Å². The molecule has 1 aliphatic carbocycles. The third-order valence-electron chi connectivity index (χ3n) is 3.78. The van der Waals surface area contributed by atoms with E-state index in [9.17, 15) is 0 Å². The second-order valence-electron chi connectivity index (χ2n) is 5.27. The summed E-state index contributed by atoms with van der Waals surface area (Å²) in [4.78, 5) is 6.39. The summed E-state index contributed by atoms with van der Waals surface area (Å²) in [7, 11) is 0. The molecule has 0 aliphatic heterocycles. The molecule has 3 rings (SSSR count). The molecule has 0 amide bonds. The molecule has 0 bridgehead atoms. The summed E-state index contributed by atoms with van der Waals surface area (Å²) in [5, 5.41) is 9.10. The van der Waals surface area contributed by atoms with Crippen molar-refractivity contribution in [3.63, 3.8) is 0 Å². The van der Waals surface area contributed by atoms with Gasteiger partial charge >= 0.3 is 0 Å². The quantitative estimate of drug-likeness (QED) is 0.917. The Morgan fingerprint density at radius 1 is 1.45 bits per heavy atom. The van der Waals surface area contributed by atoms with Crippen LogP contribution in [-0.2, 0) is 13.0 Å². The molecular formula is C15H22N4S. The predicted octanol–water partition coefficient (Wildman–Crippen LogP) is 3.40. The molecule has 5 heteroatoms. The van der Waals surface area contributed by atoms with Crippen LogP contribution in [0.15, 0.2) is 12.3 Å². The largest absolute Gasteiger partial charge is 0.309 e. The third-order valence-corrected chi connectivity index (χ3v) is 4.93. The van der Waals surface area contributed by atoms with E-state index in [0.29, 0.717) is 6.04 Å². The molecule has 4 nitrogen and oxygen atoms in total. The topological polar surface area (TPSA) is 42.7 Å². The summed E-state index contributed by atoms with van der Waals surface area (Å²) in [5.41, 5.74) is 2.45. The highest BCUT2D eigenvalue weighted by atomic mass is 32.1. The number of aromatic nitrogens is 3. The molecule has 108 valence electrons. The van der Waals surface area contributed by atoms with Crippen molar-refractivity contribution in [2.45, 2.75) is 52.1 Å². The molecule has 1 N–H and O–H groups in total. The molecule has 0 fully saturated rings. The highest BCUT2D eigenvalue weighted by molar-refractivity contribution is 7.15. The van der Waals surface area contributed by atoms with Crippen molar-refractivity contribution in [2.75, 3.05) is 6.54 Å². The maximum absolute atomic E-state index is 4.93. The van der Waals surface area contributed by atoms with Crippen LogP contribution in [0.4, 0.5) is 0 Å². The average molecular weight is 290 g/mol. The lowest BCUT2D eigenvalue weighted by Gasteiger charge is -2.21. The number of nitrogens with one attached hydrogen (secondary N) is 1. The maximum atomic E-state index is 4.93. The van der Waals surface area contributed by atoms with E-state index in [4.69, 9.17) is 4.98 Å². The first kappa shape index (κ1) is 13.8. The van der Waals surface area contributed by atoms with Gasteiger partial charge in [-0.2, -0.15) is 5.10 Å². The first-order chi connectivity index (χ1) is 9.83. The van der Waals surface area contributed by atoms with Crippen molar-refractivity contribution >= 4 is 11.3 Å². The number of fused-ring (bicyclic) bond motifs is 1. The first-order valence-corrected chi connectivity index (χ1v) is 8.40. The molecule has 0 radical (unpaired) electrons. The van der Waals surface area contributed by atoms with Gasteiger partial charge in [-0.25, -0.2) is 4.98 Å². The summed E-state index contributed by atoms with van der Waals surface area (Å²) < 4.78 is 2.08. The molecule has 1 unspecified atom stereocenters. The van der Waals surface area contributed by atoms with Crippen LogP contribution in [0.25, 0.3) is 10.7 Å². The Morgan fingerprint density at radius 2 is 2.35 bits per heavy atom. The smallest absolute Gasteiger partial charge is 0.142 e. The van der Waals surface area contributed by atoms with Gasteiger partial charge in [0.2, 0.25) is 0 Å². The van der Waals surface area contributed by atoms with Gasteiger partial charge in [-0.3, -0.25) is 4.68 Å². The van der Waals surface area contributed by atoms with Gasteiger partial charge < -0.3 is 5.32 Å². The highest BCUT2D eigenvalue weighted by Gasteiger charge is 2.25. The fourth-order valence-electron chi connectivity index (χ4n) is 2.88. The minimum absolute atomic E-state index is 0.441. The standard InChI is InChI=1S/C15H22N4S/c1-3-10-19-12(8-9-17-19)15-18-14-11(16-4-2)6-5-7-13(14)20-15/h8-9,11,16H,3-7,10H2,1-2H3. The summed E-state index contributed by atoms with van der Waals surface area (Å²) in [5.74, 6) is 0. The molecule has 0 saturated carbocycles. The lowest BCUT2D eigenvalue weighted by molar-refractivity contribution is 0.465. The zero-order valence-corrected chi connectivity index (χ0v) is 13.0. The normalized spacial score (nSPS) is 18.2. The van der Waals surface area contributed by atoms with E-state index in [1.807, 2.05) is 17.5 Å². The second-order valence-corrected chi connectivity index (χ2v) is 6.35. The van der Waals surface area contributed by atoms with Crippen LogP contribution in [0.3, 0.4) is 0 Å². The average Bonchev–Trinajstić information content (AvgIpc) is 3.05. The third kappa shape index (κ3) is 2.52. The monoisotopic (exact) mass is 290 g/mol. The van der Waals surface area contributed by atoms with Gasteiger partial charge in [-0.05, 0) is 38.3 Å². The van der Waals surface area contributed by atoms with Gasteiger partial charge in [0.25, 0.3) is 0 Å². The summed E-state index contributed by atoms with van der Waals surface area (Å²) in [6.45, 7) is 6.31. The van der Waals surface area contributed by atoms with Crippen LogP contribution in [0, 0.1) is 0 Å². The van der Waals surface area contributed by atoms with E-state index in [2.05, 4.69) is 35.0 Å². The van der Waals surface area contributed by atoms with Gasteiger partial charge in [0.05, 0.1) is 17.4 Å². The fraction of sp³-hybridized carbons (Fsp3) is 0.600. The lowest BCUT2D eigenvalue weighted by Crippen LogP contribution is -2.24. The van der Waals surface area contributed by atoms with Crippen molar-refractivity contribution in [3.05, 3.63) is 22.8 Å². The molecule has 0 aromatic carbocycles. The van der Waals surface area contributed by atoms with Crippen molar-refractivity contribution in [1.29, 1.82) is 0 Å². The van der Waals surface area contributed by atoms with Crippen molar-refractivity contribution in [2.24, 2.45) is 0 Å². The molecule has 1 atom stereocenters. The summed E-state index contributed by atoms with van der Waals surface area (Å²) in [6, 6.07) is 2.53. The molecular weight excluding hydrogens is 268 g/mol. The van der Waals surface area contributed by atoms with Gasteiger partial charge in [-0.1, -0.05) is 13.8 Å². The van der Waals surface area contributed by atoms with E-state index < -0.39 is 0 Å². The van der Waals surface area contributed by atoms with Crippen LogP contribution in [0.2, 0.25) is 0 Å². The van der Waals surface area contributed by atoms with Crippen LogP contribution in [0.1, 0.15) is 49.7 Å².